The Balaban J connectivity index is 1.69. The van der Waals surface area contributed by atoms with Crippen LogP contribution in [-0.2, 0) is 6.54 Å². The van der Waals surface area contributed by atoms with Crippen molar-refractivity contribution in [3.8, 4) is 17.4 Å². The second-order valence-electron chi connectivity index (χ2n) is 8.93. The lowest BCUT2D eigenvalue weighted by Gasteiger charge is -2.33. The molecule has 0 fully saturated rings. The molecule has 148 valence electrons. The third kappa shape index (κ3) is 5.63. The van der Waals surface area contributed by atoms with Crippen LogP contribution in [0.2, 0.25) is 0 Å². The molecule has 0 unspecified atom stereocenters. The van der Waals surface area contributed by atoms with Crippen LogP contribution in [0.4, 0.5) is 0 Å². The second kappa shape index (κ2) is 8.10. The molecule has 0 atom stereocenters. The Morgan fingerprint density at radius 1 is 0.964 bits per heavy atom. The topological polar surface area (TPSA) is 64.9 Å². The summed E-state index contributed by atoms with van der Waals surface area (Å²) in [5, 5.41) is 15.4. The number of benzene rings is 2. The number of rotatable bonds is 7. The van der Waals surface area contributed by atoms with E-state index in [0.717, 1.165) is 24.2 Å². The molecule has 0 radical (unpaired) electrons. The monoisotopic (exact) mass is 379 g/mol. The van der Waals surface area contributed by atoms with Crippen molar-refractivity contribution in [3.05, 3.63) is 60.2 Å². The second-order valence-corrected chi connectivity index (χ2v) is 8.93. The van der Waals surface area contributed by atoms with E-state index in [4.69, 9.17) is 4.74 Å². The van der Waals surface area contributed by atoms with Gasteiger partial charge in [-0.15, -0.1) is 0 Å². The van der Waals surface area contributed by atoms with Crippen LogP contribution in [0.15, 0.2) is 54.6 Å². The lowest BCUT2D eigenvalue weighted by molar-refractivity contribution is 0.240. The molecule has 6 heteroatoms. The molecule has 3 aromatic rings. The number of nitrogens with one attached hydrogen (secondary N) is 1. The van der Waals surface area contributed by atoms with Gasteiger partial charge in [-0.2, -0.15) is 4.68 Å². The van der Waals surface area contributed by atoms with E-state index >= 15 is 0 Å². The number of hydrogen-bond acceptors (Lipinski definition) is 5. The predicted molar refractivity (Wildman–Crippen MR) is 111 cm³/mol. The Kier molecular flexibility index (Phi) is 5.79. The van der Waals surface area contributed by atoms with Gasteiger partial charge in [0, 0.05) is 12.1 Å². The fourth-order valence-electron chi connectivity index (χ4n) is 3.53. The van der Waals surface area contributed by atoms with E-state index in [1.54, 1.807) is 4.68 Å². The van der Waals surface area contributed by atoms with Crippen LogP contribution < -0.4 is 10.1 Å². The summed E-state index contributed by atoms with van der Waals surface area (Å²) in [5.41, 5.74) is 2.32. The summed E-state index contributed by atoms with van der Waals surface area (Å²) in [4.78, 5) is 0. The van der Waals surface area contributed by atoms with Crippen LogP contribution >= 0.6 is 0 Å². The first-order valence-electron chi connectivity index (χ1n) is 9.58. The van der Waals surface area contributed by atoms with Crippen molar-refractivity contribution < 1.29 is 4.74 Å². The zero-order valence-electron chi connectivity index (χ0n) is 17.3. The number of tetrazole rings is 1. The van der Waals surface area contributed by atoms with Crippen molar-refractivity contribution in [2.75, 3.05) is 0 Å². The summed E-state index contributed by atoms with van der Waals surface area (Å²) < 4.78 is 7.54. The zero-order valence-corrected chi connectivity index (χ0v) is 17.3. The molecule has 2 aromatic carbocycles. The van der Waals surface area contributed by atoms with Gasteiger partial charge in [0.25, 0.3) is 0 Å². The molecule has 0 saturated carbocycles. The van der Waals surface area contributed by atoms with E-state index in [1.165, 1.54) is 0 Å². The van der Waals surface area contributed by atoms with Crippen molar-refractivity contribution in [1.29, 1.82) is 0 Å². The summed E-state index contributed by atoms with van der Waals surface area (Å²) >= 11 is 0. The molecular weight excluding hydrogens is 350 g/mol. The molecule has 1 heterocycles. The maximum Gasteiger partial charge on any atom is 0.345 e. The van der Waals surface area contributed by atoms with Crippen LogP contribution in [0.3, 0.4) is 0 Å². The van der Waals surface area contributed by atoms with E-state index < -0.39 is 0 Å². The van der Waals surface area contributed by atoms with Crippen LogP contribution in [0.25, 0.3) is 5.69 Å². The molecule has 0 aliphatic carbocycles. The Labute approximate surface area is 166 Å². The van der Waals surface area contributed by atoms with Gasteiger partial charge >= 0.3 is 6.01 Å². The van der Waals surface area contributed by atoms with Gasteiger partial charge in [-0.1, -0.05) is 56.2 Å². The largest absolute Gasteiger partial charge is 0.423 e. The predicted octanol–water partition coefficient (Wildman–Crippen LogP) is 4.76. The molecule has 0 bridgehead atoms. The summed E-state index contributed by atoms with van der Waals surface area (Å²) in [7, 11) is 0. The SMILES string of the molecule is CC(C)(C)CC(C)(C)NCc1cccc(Oc2nnnn2-c2ccccc2)c1. The summed E-state index contributed by atoms with van der Waals surface area (Å²) in [6, 6.07) is 18.0. The third-order valence-electron chi connectivity index (χ3n) is 4.29. The van der Waals surface area contributed by atoms with Crippen LogP contribution in [0, 0.1) is 5.41 Å². The van der Waals surface area contributed by atoms with Crippen LogP contribution in [0.5, 0.6) is 11.8 Å². The molecule has 0 aliphatic heterocycles. The summed E-state index contributed by atoms with van der Waals surface area (Å²) in [5.74, 6) is 0.708. The highest BCUT2D eigenvalue weighted by molar-refractivity contribution is 5.34. The van der Waals surface area contributed by atoms with Gasteiger partial charge < -0.3 is 10.1 Å². The standard InChI is InChI=1S/C22H29N5O/c1-21(2,3)16-22(4,5)23-15-17-10-9-13-19(14-17)28-20-24-25-26-27(20)18-11-7-6-8-12-18/h6-14,23H,15-16H2,1-5H3. The Bertz CT molecular complexity index is 897. The Hall–Kier alpha value is -2.73. The summed E-state index contributed by atoms with van der Waals surface area (Å²) in [6.07, 6.45) is 1.09. The van der Waals surface area contributed by atoms with E-state index in [-0.39, 0.29) is 11.0 Å². The quantitative estimate of drug-likeness (QED) is 0.641. The first-order chi connectivity index (χ1) is 13.2. The minimum atomic E-state index is 0.0481. The van der Waals surface area contributed by atoms with Crippen LogP contribution in [0.1, 0.15) is 46.6 Å². The van der Waals surface area contributed by atoms with Crippen molar-refractivity contribution in [1.82, 2.24) is 25.5 Å². The number of aromatic nitrogens is 4. The minimum Gasteiger partial charge on any atom is -0.423 e. The van der Waals surface area contributed by atoms with Gasteiger partial charge in [0.15, 0.2) is 0 Å². The van der Waals surface area contributed by atoms with Crippen molar-refractivity contribution in [2.24, 2.45) is 5.41 Å². The molecular formula is C22H29N5O. The fraction of sp³-hybridized carbons (Fsp3) is 0.409. The first-order valence-corrected chi connectivity index (χ1v) is 9.58. The highest BCUT2D eigenvalue weighted by Gasteiger charge is 2.24. The average Bonchev–Trinajstić information content (AvgIpc) is 3.07. The molecule has 28 heavy (non-hydrogen) atoms. The highest BCUT2D eigenvalue weighted by Crippen LogP contribution is 2.27. The Morgan fingerprint density at radius 2 is 1.71 bits per heavy atom. The molecule has 0 amide bonds. The van der Waals surface area contributed by atoms with Crippen LogP contribution in [-0.4, -0.2) is 25.7 Å². The fourth-order valence-corrected chi connectivity index (χ4v) is 3.53. The molecule has 0 aliphatic rings. The number of para-hydroxylation sites is 1. The zero-order chi connectivity index (χ0) is 20.2. The van der Waals surface area contributed by atoms with E-state index in [0.29, 0.717) is 11.8 Å². The molecule has 0 saturated heterocycles. The molecule has 1 aromatic heterocycles. The van der Waals surface area contributed by atoms with Gasteiger partial charge in [0.05, 0.1) is 5.69 Å². The highest BCUT2D eigenvalue weighted by atomic mass is 16.5. The van der Waals surface area contributed by atoms with Gasteiger partial charge in [-0.05, 0) is 65.9 Å². The number of ether oxygens (including phenoxy) is 1. The minimum absolute atomic E-state index is 0.0481. The maximum absolute atomic E-state index is 5.96. The molecule has 0 spiro atoms. The van der Waals surface area contributed by atoms with E-state index in [9.17, 15) is 0 Å². The van der Waals surface area contributed by atoms with Gasteiger partial charge in [0.1, 0.15) is 5.75 Å². The summed E-state index contributed by atoms with van der Waals surface area (Å²) in [6.45, 7) is 12.1. The molecule has 3 rings (SSSR count). The van der Waals surface area contributed by atoms with E-state index in [1.807, 2.05) is 48.5 Å². The lowest BCUT2D eigenvalue weighted by atomic mass is 9.82. The normalized spacial score (nSPS) is 12.2. The average molecular weight is 380 g/mol. The molecule has 1 N–H and O–H groups in total. The van der Waals surface area contributed by atoms with Gasteiger partial charge in [0.2, 0.25) is 0 Å². The van der Waals surface area contributed by atoms with E-state index in [2.05, 4.69) is 61.5 Å². The smallest absolute Gasteiger partial charge is 0.345 e. The van der Waals surface area contributed by atoms with Crippen molar-refractivity contribution in [3.63, 3.8) is 0 Å². The van der Waals surface area contributed by atoms with Crippen molar-refractivity contribution in [2.45, 2.75) is 53.1 Å². The molecule has 6 nitrogen and oxygen atoms in total. The number of nitrogens with zero attached hydrogens (tertiary/aromatic N) is 4. The van der Waals surface area contributed by atoms with Gasteiger partial charge in [-0.25, -0.2) is 0 Å². The Morgan fingerprint density at radius 3 is 2.43 bits per heavy atom. The van der Waals surface area contributed by atoms with Crippen molar-refractivity contribution >= 4 is 0 Å². The maximum atomic E-state index is 5.96. The first kappa shape index (κ1) is 20.0. The lowest BCUT2D eigenvalue weighted by Crippen LogP contribution is -2.41. The van der Waals surface area contributed by atoms with Gasteiger partial charge in [-0.3, -0.25) is 0 Å². The number of hydrogen-bond donors (Lipinski definition) is 1. The third-order valence-corrected chi connectivity index (χ3v) is 4.29.